The molecule has 24 heavy (non-hydrogen) atoms. The molecule has 0 bridgehead atoms. The minimum atomic E-state index is 0.158. The van der Waals surface area contributed by atoms with Gasteiger partial charge in [0.25, 0.3) is 0 Å². The molecule has 2 aliphatic rings. The maximum absolute atomic E-state index is 5.99. The van der Waals surface area contributed by atoms with E-state index in [0.717, 1.165) is 51.9 Å². The van der Waals surface area contributed by atoms with Crippen LogP contribution >= 0.6 is 11.3 Å². The molecule has 2 saturated heterocycles. The third-order valence-corrected chi connectivity index (χ3v) is 5.62. The maximum atomic E-state index is 5.99. The molecule has 1 atom stereocenters. The van der Waals surface area contributed by atoms with Crippen molar-refractivity contribution in [3.8, 4) is 0 Å². The fourth-order valence-corrected chi connectivity index (χ4v) is 4.49. The van der Waals surface area contributed by atoms with E-state index in [9.17, 15) is 0 Å². The fraction of sp³-hybridized carbons (Fsp3) is 0.588. The summed E-state index contributed by atoms with van der Waals surface area (Å²) in [6.45, 7) is 6.53. The molecule has 0 radical (unpaired) electrons. The van der Waals surface area contributed by atoms with Gasteiger partial charge >= 0.3 is 0 Å². The monoisotopic (exact) mass is 345 g/mol. The van der Waals surface area contributed by atoms with Crippen LogP contribution in [-0.2, 0) is 11.3 Å². The van der Waals surface area contributed by atoms with Crippen molar-refractivity contribution in [2.45, 2.75) is 19.4 Å². The number of hydrogen-bond acceptors (Lipinski definition) is 7. The predicted molar refractivity (Wildman–Crippen MR) is 94.1 cm³/mol. The largest absolute Gasteiger partial charge is 0.379 e. The van der Waals surface area contributed by atoms with Crippen LogP contribution in [0.5, 0.6) is 0 Å². The fourth-order valence-electron chi connectivity index (χ4n) is 3.83. The van der Waals surface area contributed by atoms with E-state index in [4.69, 9.17) is 4.74 Å². The smallest absolute Gasteiger partial charge is 0.225 e. The van der Waals surface area contributed by atoms with Gasteiger partial charge in [0.1, 0.15) is 5.01 Å². The topological polar surface area (TPSA) is 54.4 Å². The first-order valence-corrected chi connectivity index (χ1v) is 9.41. The van der Waals surface area contributed by atoms with Crippen molar-refractivity contribution in [3.05, 3.63) is 35.0 Å². The molecular weight excluding hydrogens is 322 g/mol. The molecule has 4 heterocycles. The van der Waals surface area contributed by atoms with E-state index in [1.807, 2.05) is 24.7 Å². The Balaban J connectivity index is 1.49. The molecule has 4 rings (SSSR count). The third kappa shape index (κ3) is 3.58. The van der Waals surface area contributed by atoms with Gasteiger partial charge in [-0.15, -0.1) is 11.3 Å². The Labute approximate surface area is 146 Å². The van der Waals surface area contributed by atoms with Gasteiger partial charge in [-0.25, -0.2) is 15.0 Å². The van der Waals surface area contributed by atoms with E-state index in [1.54, 1.807) is 11.3 Å². The van der Waals surface area contributed by atoms with Gasteiger partial charge in [0.15, 0.2) is 0 Å². The van der Waals surface area contributed by atoms with E-state index in [2.05, 4.69) is 30.1 Å². The Kier molecular flexibility index (Phi) is 4.73. The van der Waals surface area contributed by atoms with Crippen molar-refractivity contribution >= 4 is 17.3 Å². The zero-order chi connectivity index (χ0) is 16.2. The first-order chi connectivity index (χ1) is 11.8. The average Bonchev–Trinajstić information content (AvgIpc) is 3.03. The van der Waals surface area contributed by atoms with Crippen LogP contribution in [0.25, 0.3) is 0 Å². The van der Waals surface area contributed by atoms with Crippen LogP contribution in [0.1, 0.15) is 17.8 Å². The van der Waals surface area contributed by atoms with Gasteiger partial charge in [0.2, 0.25) is 5.95 Å². The maximum Gasteiger partial charge on any atom is 0.225 e. The molecule has 0 N–H and O–H groups in total. The van der Waals surface area contributed by atoms with E-state index >= 15 is 0 Å². The van der Waals surface area contributed by atoms with Crippen LogP contribution in [0, 0.1) is 5.41 Å². The van der Waals surface area contributed by atoms with Gasteiger partial charge < -0.3 is 9.64 Å². The van der Waals surface area contributed by atoms with Gasteiger partial charge in [0, 0.05) is 49.0 Å². The summed E-state index contributed by atoms with van der Waals surface area (Å²) in [6, 6.07) is 1.87. The molecule has 0 saturated carbocycles. The molecule has 0 amide bonds. The number of ether oxygens (including phenoxy) is 1. The van der Waals surface area contributed by atoms with Crippen LogP contribution < -0.4 is 4.90 Å². The summed E-state index contributed by atoms with van der Waals surface area (Å²) in [4.78, 5) is 18.1. The molecule has 0 aromatic carbocycles. The van der Waals surface area contributed by atoms with Crippen molar-refractivity contribution in [3.63, 3.8) is 0 Å². The number of hydrogen-bond donors (Lipinski definition) is 0. The molecule has 2 aromatic heterocycles. The normalized spacial score (nSPS) is 25.8. The highest BCUT2D eigenvalue weighted by molar-refractivity contribution is 7.09. The molecule has 2 fully saturated rings. The summed E-state index contributed by atoms with van der Waals surface area (Å²) in [5.41, 5.74) is 0.158. The Hall–Kier alpha value is -1.57. The van der Waals surface area contributed by atoms with Gasteiger partial charge in [-0.3, -0.25) is 4.90 Å². The van der Waals surface area contributed by atoms with Crippen molar-refractivity contribution in [1.82, 2.24) is 19.9 Å². The lowest BCUT2D eigenvalue weighted by Crippen LogP contribution is -2.50. The lowest BCUT2D eigenvalue weighted by molar-refractivity contribution is 0.0106. The quantitative estimate of drug-likeness (QED) is 0.849. The van der Waals surface area contributed by atoms with E-state index < -0.39 is 0 Å². The van der Waals surface area contributed by atoms with Gasteiger partial charge in [-0.2, -0.15) is 0 Å². The van der Waals surface area contributed by atoms with E-state index in [1.165, 1.54) is 17.8 Å². The minimum absolute atomic E-state index is 0.158. The first kappa shape index (κ1) is 15.9. The van der Waals surface area contributed by atoms with Crippen LogP contribution in [0.2, 0.25) is 0 Å². The molecule has 128 valence electrons. The number of anilines is 1. The second kappa shape index (κ2) is 7.13. The van der Waals surface area contributed by atoms with Crippen LogP contribution in [0.15, 0.2) is 30.0 Å². The zero-order valence-electron chi connectivity index (χ0n) is 13.8. The lowest BCUT2D eigenvalue weighted by atomic mass is 9.80. The summed E-state index contributed by atoms with van der Waals surface area (Å²) < 4.78 is 5.99. The zero-order valence-corrected chi connectivity index (χ0v) is 14.6. The van der Waals surface area contributed by atoms with Crippen LogP contribution in [0.4, 0.5) is 5.95 Å². The summed E-state index contributed by atoms with van der Waals surface area (Å²) in [5.74, 6) is 0.819. The molecule has 0 unspecified atom stereocenters. The van der Waals surface area contributed by atoms with E-state index in [-0.39, 0.29) is 5.41 Å². The highest BCUT2D eigenvalue weighted by Crippen LogP contribution is 2.34. The molecule has 1 spiro atoms. The van der Waals surface area contributed by atoms with Crippen molar-refractivity contribution < 1.29 is 4.74 Å². The lowest BCUT2D eigenvalue weighted by Gasteiger charge is -2.43. The molecule has 2 aromatic rings. The third-order valence-electron chi connectivity index (χ3n) is 4.86. The number of likely N-dealkylation sites (tertiary alicyclic amines) is 1. The first-order valence-electron chi connectivity index (χ1n) is 8.54. The van der Waals surface area contributed by atoms with Gasteiger partial charge in [0.05, 0.1) is 19.8 Å². The van der Waals surface area contributed by atoms with Crippen molar-refractivity contribution in [2.75, 3.05) is 44.3 Å². The summed E-state index contributed by atoms with van der Waals surface area (Å²) in [5, 5.41) is 3.25. The minimum Gasteiger partial charge on any atom is -0.379 e. The van der Waals surface area contributed by atoms with E-state index in [0.29, 0.717) is 0 Å². The standard InChI is InChI=1S/C17H23N5OS/c1-3-17(12-21(7-1)11-15-18-6-10-24-15)13-22(8-9-23-14-17)16-19-4-2-5-20-16/h2,4-6,10H,1,3,7-9,11-14H2/t17-/m0/s1. The van der Waals surface area contributed by atoms with Gasteiger partial charge in [-0.05, 0) is 25.5 Å². The summed E-state index contributed by atoms with van der Waals surface area (Å²) in [7, 11) is 0. The summed E-state index contributed by atoms with van der Waals surface area (Å²) in [6.07, 6.45) is 7.93. The molecular formula is C17H23N5OS. The Morgan fingerprint density at radius 1 is 1.12 bits per heavy atom. The van der Waals surface area contributed by atoms with Gasteiger partial charge in [-0.1, -0.05) is 0 Å². The second-order valence-electron chi connectivity index (χ2n) is 6.76. The number of piperidine rings is 1. The number of nitrogens with zero attached hydrogens (tertiary/aromatic N) is 5. The van der Waals surface area contributed by atoms with Crippen LogP contribution in [0.3, 0.4) is 0 Å². The predicted octanol–water partition coefficient (Wildman–Crippen LogP) is 2.05. The Bertz CT molecular complexity index is 638. The average molecular weight is 345 g/mol. The SMILES string of the molecule is c1cnc(N2CCOC[C@]3(CCCN(Cc4nccs4)C3)C2)nc1. The van der Waals surface area contributed by atoms with Crippen LogP contribution in [-0.4, -0.2) is 59.2 Å². The summed E-state index contributed by atoms with van der Waals surface area (Å²) >= 11 is 1.74. The molecule has 0 aliphatic carbocycles. The Morgan fingerprint density at radius 2 is 2.04 bits per heavy atom. The van der Waals surface area contributed by atoms with Crippen molar-refractivity contribution in [2.24, 2.45) is 5.41 Å². The molecule has 6 nitrogen and oxygen atoms in total. The molecule has 2 aliphatic heterocycles. The number of thiazole rings is 1. The second-order valence-corrected chi connectivity index (χ2v) is 7.74. The van der Waals surface area contributed by atoms with Crippen molar-refractivity contribution in [1.29, 1.82) is 0 Å². The highest BCUT2D eigenvalue weighted by atomic mass is 32.1. The number of aromatic nitrogens is 3. The molecule has 7 heteroatoms. The number of rotatable bonds is 3. The highest BCUT2D eigenvalue weighted by Gasteiger charge is 2.39. The Morgan fingerprint density at radius 3 is 2.88 bits per heavy atom.